The van der Waals surface area contributed by atoms with E-state index in [0.29, 0.717) is 10.8 Å². The van der Waals surface area contributed by atoms with Gasteiger partial charge >= 0.3 is 0 Å². The summed E-state index contributed by atoms with van der Waals surface area (Å²) in [5.41, 5.74) is 2.91. The molecule has 3 rings (SSSR count). The third-order valence-electron chi connectivity index (χ3n) is 11.0. The second kappa shape index (κ2) is 13.8. The summed E-state index contributed by atoms with van der Waals surface area (Å²) in [6.45, 7) is 24.4. The van der Waals surface area contributed by atoms with Crippen molar-refractivity contribution in [3.05, 3.63) is 11.6 Å². The zero-order valence-corrected chi connectivity index (χ0v) is 26.7. The Morgan fingerprint density at radius 2 is 1.63 bits per heavy atom. The Morgan fingerprint density at radius 3 is 2.23 bits per heavy atom. The second-order valence-corrected chi connectivity index (χ2v) is 15.7. The lowest BCUT2D eigenvalue weighted by molar-refractivity contribution is -0.0723. The summed E-state index contributed by atoms with van der Waals surface area (Å²) in [6, 6.07) is 0. The van der Waals surface area contributed by atoms with E-state index >= 15 is 0 Å². The molecule has 206 valence electrons. The van der Waals surface area contributed by atoms with Gasteiger partial charge in [-0.1, -0.05) is 100 Å². The average Bonchev–Trinajstić information content (AvgIpc) is 2.78. The Morgan fingerprint density at radius 1 is 0.971 bits per heavy atom. The highest BCUT2D eigenvalue weighted by Gasteiger charge is 2.54. The van der Waals surface area contributed by atoms with Crippen molar-refractivity contribution in [3.63, 3.8) is 0 Å². The summed E-state index contributed by atoms with van der Waals surface area (Å²) in [6.07, 6.45) is 19.4. The van der Waals surface area contributed by atoms with Crippen molar-refractivity contribution < 1.29 is 0 Å². The normalized spacial score (nSPS) is 36.5. The fraction of sp³-hybridized carbons (Fsp3) is 0.941. The molecule has 2 saturated carbocycles. The largest absolute Gasteiger partial charge is 0.165 e. The molecule has 8 unspecified atom stereocenters. The molecule has 0 saturated heterocycles. The minimum Gasteiger partial charge on any atom is -0.165 e. The molecule has 0 amide bonds. The highest BCUT2D eigenvalue weighted by Crippen LogP contribution is 2.63. The third kappa shape index (κ3) is 7.80. The first kappa shape index (κ1) is 31.3. The molecule has 0 heterocycles. The van der Waals surface area contributed by atoms with Crippen LogP contribution in [-0.2, 0) is 0 Å². The van der Waals surface area contributed by atoms with E-state index in [0.717, 1.165) is 47.3 Å². The maximum absolute atomic E-state index is 2.76. The minimum absolute atomic E-state index is 0.514. The van der Waals surface area contributed by atoms with Gasteiger partial charge in [0.05, 0.1) is 0 Å². The van der Waals surface area contributed by atoms with Crippen molar-refractivity contribution >= 4 is 11.8 Å². The molecular formula is C34H64S. The summed E-state index contributed by atoms with van der Waals surface area (Å²) in [7, 11) is 0. The van der Waals surface area contributed by atoms with Gasteiger partial charge in [-0.3, -0.25) is 0 Å². The quantitative estimate of drug-likeness (QED) is 0.281. The van der Waals surface area contributed by atoms with Crippen molar-refractivity contribution in [1.29, 1.82) is 0 Å². The standard InChI is InChI=1S/C30H54S.C4H10/c1-21(2)10-9-11-22(3)23(4)29(6)18-15-28-27(24(29)5)13-12-26-20-25(16-19-31-8)14-17-30(26,28)7;1-4(2)3/h12,21-25,27-28H,9-11,13-20H2,1-8H3;4H,1-3H3. The van der Waals surface area contributed by atoms with Crippen LogP contribution in [0.15, 0.2) is 11.6 Å². The first-order valence-corrected chi connectivity index (χ1v) is 16.9. The zero-order valence-electron chi connectivity index (χ0n) is 25.9. The van der Waals surface area contributed by atoms with Crippen molar-refractivity contribution in [3.8, 4) is 0 Å². The van der Waals surface area contributed by atoms with Gasteiger partial charge in [-0.25, -0.2) is 0 Å². The molecule has 1 heteroatoms. The minimum atomic E-state index is 0.514. The smallest absolute Gasteiger partial charge is 0.00676 e. The molecule has 3 aliphatic carbocycles. The molecule has 0 bridgehead atoms. The number of thioether (sulfide) groups is 1. The first-order valence-electron chi connectivity index (χ1n) is 15.5. The Hall–Kier alpha value is 0.0900. The molecule has 8 atom stereocenters. The van der Waals surface area contributed by atoms with Crippen LogP contribution in [0.1, 0.15) is 133 Å². The Labute approximate surface area is 226 Å². The highest BCUT2D eigenvalue weighted by molar-refractivity contribution is 7.98. The van der Waals surface area contributed by atoms with E-state index in [1.165, 1.54) is 70.0 Å². The van der Waals surface area contributed by atoms with Gasteiger partial charge < -0.3 is 0 Å². The SMILES string of the molecule is CC(C)C.CSCCC1CCC2(C)C(=CCC3C2CCC(C)(C(C)C(C)CCCC(C)C)C3C)C1. The van der Waals surface area contributed by atoms with Gasteiger partial charge in [-0.15, -0.1) is 0 Å². The number of hydrogen-bond donors (Lipinski definition) is 0. The van der Waals surface area contributed by atoms with Crippen molar-refractivity contribution in [2.45, 2.75) is 133 Å². The zero-order chi connectivity index (χ0) is 26.4. The molecule has 0 aromatic carbocycles. The summed E-state index contributed by atoms with van der Waals surface area (Å²) in [5.74, 6) is 8.42. The molecule has 0 nitrogen and oxygen atoms in total. The van der Waals surface area contributed by atoms with Crippen LogP contribution in [0.4, 0.5) is 0 Å². The maximum atomic E-state index is 2.76. The Balaban J connectivity index is 0.00000100. The van der Waals surface area contributed by atoms with Crippen LogP contribution in [0.3, 0.4) is 0 Å². The monoisotopic (exact) mass is 504 g/mol. The maximum Gasteiger partial charge on any atom is -0.00676 e. The topological polar surface area (TPSA) is 0 Å². The van der Waals surface area contributed by atoms with E-state index in [4.69, 9.17) is 0 Å². The highest BCUT2D eigenvalue weighted by atomic mass is 32.2. The van der Waals surface area contributed by atoms with Crippen LogP contribution in [-0.4, -0.2) is 12.0 Å². The van der Waals surface area contributed by atoms with Crippen molar-refractivity contribution in [2.75, 3.05) is 12.0 Å². The number of rotatable bonds is 9. The molecule has 0 aromatic rings. The van der Waals surface area contributed by atoms with Gasteiger partial charge in [0.1, 0.15) is 0 Å². The fourth-order valence-electron chi connectivity index (χ4n) is 8.16. The van der Waals surface area contributed by atoms with E-state index in [2.05, 4.69) is 81.6 Å². The summed E-state index contributed by atoms with van der Waals surface area (Å²) in [5, 5.41) is 0. The van der Waals surface area contributed by atoms with Crippen LogP contribution < -0.4 is 0 Å². The van der Waals surface area contributed by atoms with Crippen molar-refractivity contribution in [2.24, 2.45) is 58.2 Å². The molecule has 0 aliphatic heterocycles. The lowest BCUT2D eigenvalue weighted by Gasteiger charge is -2.60. The molecular weight excluding hydrogens is 440 g/mol. The summed E-state index contributed by atoms with van der Waals surface area (Å²) in [4.78, 5) is 0. The van der Waals surface area contributed by atoms with E-state index in [1.807, 2.05) is 17.3 Å². The van der Waals surface area contributed by atoms with Crippen LogP contribution in [0.25, 0.3) is 0 Å². The number of hydrogen-bond acceptors (Lipinski definition) is 1. The van der Waals surface area contributed by atoms with E-state index < -0.39 is 0 Å². The number of fused-ring (bicyclic) bond motifs is 3. The van der Waals surface area contributed by atoms with E-state index in [-0.39, 0.29) is 0 Å². The van der Waals surface area contributed by atoms with Crippen molar-refractivity contribution in [1.82, 2.24) is 0 Å². The molecule has 2 fully saturated rings. The van der Waals surface area contributed by atoms with Gasteiger partial charge in [0.15, 0.2) is 0 Å². The Bertz CT molecular complexity index is 644. The van der Waals surface area contributed by atoms with Crippen LogP contribution >= 0.6 is 11.8 Å². The summed E-state index contributed by atoms with van der Waals surface area (Å²) >= 11 is 2.03. The average molecular weight is 505 g/mol. The lowest BCUT2D eigenvalue weighted by Crippen LogP contribution is -2.52. The Kier molecular flexibility index (Phi) is 12.3. The van der Waals surface area contributed by atoms with Crippen LogP contribution in [0.5, 0.6) is 0 Å². The first-order chi connectivity index (χ1) is 16.4. The lowest BCUT2D eigenvalue weighted by atomic mass is 9.45. The third-order valence-corrected chi connectivity index (χ3v) is 11.7. The molecule has 0 aromatic heterocycles. The molecule has 35 heavy (non-hydrogen) atoms. The van der Waals surface area contributed by atoms with Gasteiger partial charge in [0, 0.05) is 0 Å². The molecule has 0 N–H and O–H groups in total. The predicted molar refractivity (Wildman–Crippen MR) is 162 cm³/mol. The second-order valence-electron chi connectivity index (χ2n) is 14.7. The van der Waals surface area contributed by atoms with E-state index in [1.54, 1.807) is 0 Å². The van der Waals surface area contributed by atoms with Crippen LogP contribution in [0.2, 0.25) is 0 Å². The molecule has 3 aliphatic rings. The molecule has 0 radical (unpaired) electrons. The van der Waals surface area contributed by atoms with Gasteiger partial charge in [-0.05, 0) is 115 Å². The van der Waals surface area contributed by atoms with Gasteiger partial charge in [0.2, 0.25) is 0 Å². The van der Waals surface area contributed by atoms with E-state index in [9.17, 15) is 0 Å². The van der Waals surface area contributed by atoms with Gasteiger partial charge in [0.25, 0.3) is 0 Å². The fourth-order valence-corrected chi connectivity index (χ4v) is 8.72. The molecule has 0 spiro atoms. The number of allylic oxidation sites excluding steroid dienone is 2. The predicted octanol–water partition coefficient (Wildman–Crippen LogP) is 11.3. The van der Waals surface area contributed by atoms with Crippen LogP contribution in [0, 0.1) is 58.2 Å². The van der Waals surface area contributed by atoms with Gasteiger partial charge in [-0.2, -0.15) is 11.8 Å². The summed E-state index contributed by atoms with van der Waals surface area (Å²) < 4.78 is 0.